The number of phosphoric ester groups is 1. The van der Waals surface area contributed by atoms with Gasteiger partial charge in [-0.2, -0.15) is 0 Å². The van der Waals surface area contributed by atoms with E-state index in [9.17, 15) is 14.3 Å². The quantitative estimate of drug-likeness (QED) is 0.0300. The molecule has 0 aliphatic rings. The molecule has 278 valence electrons. The molecule has 0 amide bonds. The number of esters is 1. The van der Waals surface area contributed by atoms with Crippen LogP contribution in [0.5, 0.6) is 0 Å². The minimum absolute atomic E-state index is 0.0870. The van der Waals surface area contributed by atoms with Crippen molar-refractivity contribution in [2.75, 3.05) is 19.8 Å². The molecule has 0 saturated carbocycles. The minimum atomic E-state index is -4.87. The molecule has 0 aromatic carbocycles. The number of allylic oxidation sites excluding steroid dienone is 4. The smallest absolute Gasteiger partial charge is 0.305 e. The summed E-state index contributed by atoms with van der Waals surface area (Å²) in [6, 6.07) is 0. The number of carbonyl (C=O) groups is 1. The summed E-state index contributed by atoms with van der Waals surface area (Å²) in [7, 11) is -4.87. The van der Waals surface area contributed by atoms with Crippen molar-refractivity contribution in [2.24, 2.45) is 0 Å². The third-order valence-corrected chi connectivity index (χ3v) is 8.98. The fourth-order valence-corrected chi connectivity index (χ4v) is 5.87. The van der Waals surface area contributed by atoms with Crippen LogP contribution < -0.4 is 4.89 Å². The molecule has 1 N–H and O–H groups in total. The summed E-state index contributed by atoms with van der Waals surface area (Å²) < 4.78 is 26.7. The predicted molar refractivity (Wildman–Crippen MR) is 195 cm³/mol. The van der Waals surface area contributed by atoms with E-state index in [1.807, 2.05) is 0 Å². The van der Waals surface area contributed by atoms with E-state index in [1.54, 1.807) is 0 Å². The van der Waals surface area contributed by atoms with Crippen molar-refractivity contribution in [3.63, 3.8) is 0 Å². The number of phosphoric acid groups is 1. The molecule has 0 rings (SSSR count). The molecule has 0 saturated heterocycles. The lowest BCUT2D eigenvalue weighted by molar-refractivity contribution is -0.222. The summed E-state index contributed by atoms with van der Waals surface area (Å²) in [5, 5.41) is 0. The Kier molecular flexibility index (Phi) is 35.5. The Hall–Kier alpha value is -0.980. The van der Waals surface area contributed by atoms with Gasteiger partial charge in [0.05, 0.1) is 6.61 Å². The lowest BCUT2D eigenvalue weighted by Gasteiger charge is -2.22. The molecule has 8 heteroatoms. The summed E-state index contributed by atoms with van der Waals surface area (Å²) in [6.07, 6.45) is 41.6. The Morgan fingerprint density at radius 1 is 0.596 bits per heavy atom. The third-order valence-electron chi connectivity index (χ3n) is 8.51. The Bertz CT molecular complexity index is 764. The molecule has 0 aliphatic carbocycles. The van der Waals surface area contributed by atoms with Gasteiger partial charge in [0.25, 0.3) is 7.82 Å². The summed E-state index contributed by atoms with van der Waals surface area (Å²) in [5.41, 5.74) is 0. The molecule has 47 heavy (non-hydrogen) atoms. The average molecular weight is 686 g/mol. The lowest BCUT2D eigenvalue weighted by Crippen LogP contribution is -2.28. The van der Waals surface area contributed by atoms with E-state index in [2.05, 4.69) is 42.7 Å². The van der Waals surface area contributed by atoms with Crippen LogP contribution >= 0.6 is 7.82 Å². The van der Waals surface area contributed by atoms with Gasteiger partial charge in [-0.05, 0) is 64.2 Å². The molecular formula is C39H74O7P-. The van der Waals surface area contributed by atoms with Crippen molar-refractivity contribution in [1.82, 2.24) is 0 Å². The zero-order valence-electron chi connectivity index (χ0n) is 30.7. The van der Waals surface area contributed by atoms with Crippen molar-refractivity contribution < 1.29 is 33.1 Å². The van der Waals surface area contributed by atoms with Gasteiger partial charge < -0.3 is 23.8 Å². The van der Waals surface area contributed by atoms with Crippen LogP contribution in [0, 0.1) is 0 Å². The van der Waals surface area contributed by atoms with E-state index < -0.39 is 13.9 Å². The van der Waals surface area contributed by atoms with E-state index in [-0.39, 0.29) is 19.2 Å². The summed E-state index contributed by atoms with van der Waals surface area (Å²) in [4.78, 5) is 32.3. The Morgan fingerprint density at radius 2 is 0.979 bits per heavy atom. The second-order valence-electron chi connectivity index (χ2n) is 13.2. The van der Waals surface area contributed by atoms with Crippen LogP contribution in [-0.2, 0) is 23.4 Å². The van der Waals surface area contributed by atoms with E-state index >= 15 is 0 Å². The number of hydrogen-bond acceptors (Lipinski definition) is 6. The van der Waals surface area contributed by atoms with Crippen LogP contribution in [0.1, 0.15) is 194 Å². The molecule has 0 aromatic rings. The summed E-state index contributed by atoms with van der Waals surface area (Å²) >= 11 is 0. The number of carbonyl (C=O) groups excluding carboxylic acids is 1. The first kappa shape index (κ1) is 46.0. The summed E-state index contributed by atoms with van der Waals surface area (Å²) in [5.74, 6) is -0.317. The fraction of sp³-hybridized carbons (Fsp3) is 0.872. The van der Waals surface area contributed by atoms with Crippen molar-refractivity contribution >= 4 is 13.8 Å². The van der Waals surface area contributed by atoms with Crippen LogP contribution in [0.15, 0.2) is 24.3 Å². The number of hydrogen-bond donors (Lipinski definition) is 1. The van der Waals surface area contributed by atoms with Gasteiger partial charge in [0.2, 0.25) is 0 Å². The molecule has 0 spiro atoms. The minimum Gasteiger partial charge on any atom is -0.756 e. The zero-order chi connectivity index (χ0) is 34.5. The number of unbranched alkanes of at least 4 members (excludes halogenated alkanes) is 23. The highest BCUT2D eigenvalue weighted by atomic mass is 31.2. The number of rotatable bonds is 37. The van der Waals surface area contributed by atoms with Gasteiger partial charge in [-0.3, -0.25) is 9.36 Å². The maximum Gasteiger partial charge on any atom is 0.305 e. The topological polar surface area (TPSA) is 105 Å². The van der Waals surface area contributed by atoms with Crippen molar-refractivity contribution in [1.29, 1.82) is 0 Å². The zero-order valence-corrected chi connectivity index (χ0v) is 31.5. The second kappa shape index (κ2) is 36.3. The SMILES string of the molecule is CCCCCCCC/C=C\CCCCCCCCO[C@H](COC(=O)CCCCCCC/C=C\CCCCCCCC)COP(=O)([O-])O. The monoisotopic (exact) mass is 686 g/mol. The molecular weight excluding hydrogens is 611 g/mol. The normalized spacial score (nSPS) is 13.9. The van der Waals surface area contributed by atoms with Crippen molar-refractivity contribution in [3.8, 4) is 0 Å². The van der Waals surface area contributed by atoms with Crippen LogP contribution in [-0.4, -0.2) is 36.8 Å². The third kappa shape index (κ3) is 39.3. The van der Waals surface area contributed by atoms with Gasteiger partial charge in [0, 0.05) is 13.0 Å². The molecule has 0 heterocycles. The fourth-order valence-electron chi connectivity index (χ4n) is 5.52. The van der Waals surface area contributed by atoms with Gasteiger partial charge in [-0.15, -0.1) is 0 Å². The van der Waals surface area contributed by atoms with Gasteiger partial charge in [-0.25, -0.2) is 0 Å². The van der Waals surface area contributed by atoms with Gasteiger partial charge in [0.1, 0.15) is 12.7 Å². The van der Waals surface area contributed by atoms with Crippen LogP contribution in [0.2, 0.25) is 0 Å². The van der Waals surface area contributed by atoms with E-state index in [4.69, 9.17) is 14.4 Å². The number of ether oxygens (including phenoxy) is 2. The maximum absolute atomic E-state index is 12.2. The van der Waals surface area contributed by atoms with Crippen LogP contribution in [0.3, 0.4) is 0 Å². The van der Waals surface area contributed by atoms with Gasteiger partial charge in [-0.1, -0.05) is 147 Å². The highest BCUT2D eigenvalue weighted by Gasteiger charge is 2.16. The summed E-state index contributed by atoms with van der Waals surface area (Å²) in [6.45, 7) is 4.48. The van der Waals surface area contributed by atoms with Gasteiger partial charge in [0.15, 0.2) is 0 Å². The predicted octanol–water partition coefficient (Wildman–Crippen LogP) is 11.5. The average Bonchev–Trinajstić information content (AvgIpc) is 3.04. The first-order valence-electron chi connectivity index (χ1n) is 19.6. The first-order chi connectivity index (χ1) is 22.9. The molecule has 2 atom stereocenters. The highest BCUT2D eigenvalue weighted by Crippen LogP contribution is 2.30. The van der Waals surface area contributed by atoms with E-state index in [1.165, 1.54) is 116 Å². The van der Waals surface area contributed by atoms with E-state index in [0.29, 0.717) is 13.0 Å². The van der Waals surface area contributed by atoms with Crippen molar-refractivity contribution in [2.45, 2.75) is 200 Å². The largest absolute Gasteiger partial charge is 0.756 e. The second-order valence-corrected chi connectivity index (χ2v) is 14.4. The molecule has 7 nitrogen and oxygen atoms in total. The molecule has 0 radical (unpaired) electrons. The van der Waals surface area contributed by atoms with Crippen molar-refractivity contribution in [3.05, 3.63) is 24.3 Å². The first-order valence-corrected chi connectivity index (χ1v) is 21.1. The molecule has 0 bridgehead atoms. The molecule has 1 unspecified atom stereocenters. The van der Waals surface area contributed by atoms with E-state index in [0.717, 1.165) is 57.8 Å². The standard InChI is InChI=1S/C39H75O7P/c1-3-5-7-9-11-13-15-17-19-21-23-25-27-29-31-33-35-44-38(37-46-47(41,42)43)36-45-39(40)34-32-30-28-26-24-22-20-18-16-14-12-10-8-6-4-2/h17-20,38H,3-16,21-37H2,1-2H3,(H2,41,42,43)/p-1/b19-17-,20-18-/t38-/m1/s1. The molecule has 0 aromatic heterocycles. The molecule has 0 fully saturated rings. The highest BCUT2D eigenvalue weighted by molar-refractivity contribution is 7.44. The maximum atomic E-state index is 12.2. The Morgan fingerprint density at radius 3 is 1.40 bits per heavy atom. The van der Waals surface area contributed by atoms with Crippen LogP contribution in [0.4, 0.5) is 0 Å². The van der Waals surface area contributed by atoms with Crippen LogP contribution in [0.25, 0.3) is 0 Å². The Labute approximate surface area is 290 Å². The Balaban J connectivity index is 3.83. The van der Waals surface area contributed by atoms with Gasteiger partial charge >= 0.3 is 5.97 Å². The molecule has 0 aliphatic heterocycles. The lowest BCUT2D eigenvalue weighted by atomic mass is 10.1.